The predicted octanol–water partition coefficient (Wildman–Crippen LogP) is 2.39. The van der Waals surface area contributed by atoms with Gasteiger partial charge in [0, 0.05) is 13.7 Å². The molecule has 1 aromatic carbocycles. The Labute approximate surface area is 102 Å². The highest BCUT2D eigenvalue weighted by atomic mass is 35.5. The van der Waals surface area contributed by atoms with Crippen molar-refractivity contribution < 1.29 is 9.47 Å². The average Bonchev–Trinajstić information content (AvgIpc) is 2.28. The minimum atomic E-state index is 0.572. The van der Waals surface area contributed by atoms with Crippen LogP contribution in [-0.2, 0) is 11.2 Å². The quantitative estimate of drug-likeness (QED) is 0.615. The van der Waals surface area contributed by atoms with E-state index in [-0.39, 0.29) is 0 Å². The molecule has 0 aliphatic rings. The first-order valence-corrected chi connectivity index (χ1v) is 5.59. The number of hydrogen-bond acceptors (Lipinski definition) is 3. The van der Waals surface area contributed by atoms with Crippen molar-refractivity contribution in [3.8, 4) is 5.75 Å². The van der Waals surface area contributed by atoms with E-state index in [1.807, 2.05) is 12.1 Å². The van der Waals surface area contributed by atoms with Gasteiger partial charge in [0.05, 0.1) is 18.9 Å². The third kappa shape index (κ3) is 3.67. The van der Waals surface area contributed by atoms with E-state index in [1.54, 1.807) is 14.2 Å². The van der Waals surface area contributed by atoms with Crippen molar-refractivity contribution in [3.63, 3.8) is 0 Å². The van der Waals surface area contributed by atoms with Gasteiger partial charge >= 0.3 is 0 Å². The van der Waals surface area contributed by atoms with Crippen LogP contribution < -0.4 is 10.1 Å². The van der Waals surface area contributed by atoms with E-state index in [1.165, 1.54) is 11.1 Å². The zero-order chi connectivity index (χ0) is 12.0. The van der Waals surface area contributed by atoms with Crippen molar-refractivity contribution in [1.82, 2.24) is 5.32 Å². The van der Waals surface area contributed by atoms with Gasteiger partial charge in [-0.3, -0.25) is 5.32 Å². The van der Waals surface area contributed by atoms with Crippen molar-refractivity contribution in [1.29, 1.82) is 0 Å². The highest BCUT2D eigenvalue weighted by Crippen LogP contribution is 2.27. The Hall–Kier alpha value is -0.770. The lowest BCUT2D eigenvalue weighted by molar-refractivity contribution is 0.176. The molecule has 0 saturated heterocycles. The predicted molar refractivity (Wildman–Crippen MR) is 66.3 cm³/mol. The molecule has 1 aromatic rings. The molecule has 1 N–H and O–H groups in total. The van der Waals surface area contributed by atoms with Crippen molar-refractivity contribution in [2.24, 2.45) is 0 Å². The molecule has 1 rings (SSSR count). The molecule has 0 aromatic heterocycles. The van der Waals surface area contributed by atoms with Crippen LogP contribution in [0.3, 0.4) is 0 Å². The summed E-state index contributed by atoms with van der Waals surface area (Å²) in [5, 5.41) is 3.82. The zero-order valence-electron chi connectivity index (χ0n) is 9.97. The maximum Gasteiger partial charge on any atom is 0.137 e. The number of rotatable bonds is 6. The standard InChI is InChI=1S/C12H18ClNO2/c1-9-6-12(16-3)11(13)7-10(9)4-5-14-8-15-2/h6-7,14H,4-5,8H2,1-3H3. The molecular formula is C12H18ClNO2. The Morgan fingerprint density at radius 2 is 2.06 bits per heavy atom. The molecule has 0 atom stereocenters. The van der Waals surface area contributed by atoms with Gasteiger partial charge in [0.25, 0.3) is 0 Å². The lowest BCUT2D eigenvalue weighted by atomic mass is 10.1. The van der Waals surface area contributed by atoms with Gasteiger partial charge in [-0.15, -0.1) is 0 Å². The highest BCUT2D eigenvalue weighted by molar-refractivity contribution is 6.32. The number of halogens is 1. The summed E-state index contributed by atoms with van der Waals surface area (Å²) >= 11 is 6.07. The van der Waals surface area contributed by atoms with E-state index in [9.17, 15) is 0 Å². The Morgan fingerprint density at radius 3 is 2.69 bits per heavy atom. The van der Waals surface area contributed by atoms with Crippen LogP contribution in [0.1, 0.15) is 11.1 Å². The van der Waals surface area contributed by atoms with Crippen LogP contribution in [0.4, 0.5) is 0 Å². The molecule has 4 heteroatoms. The molecule has 0 amide bonds. The number of aryl methyl sites for hydroxylation is 1. The van der Waals surface area contributed by atoms with Crippen molar-refractivity contribution in [3.05, 3.63) is 28.3 Å². The molecule has 16 heavy (non-hydrogen) atoms. The van der Waals surface area contributed by atoms with E-state index in [4.69, 9.17) is 21.1 Å². The number of methoxy groups -OCH3 is 2. The van der Waals surface area contributed by atoms with E-state index in [0.29, 0.717) is 11.8 Å². The summed E-state index contributed by atoms with van der Waals surface area (Å²) in [6, 6.07) is 3.93. The zero-order valence-corrected chi connectivity index (χ0v) is 10.7. The van der Waals surface area contributed by atoms with Crippen LogP contribution in [-0.4, -0.2) is 27.5 Å². The Morgan fingerprint density at radius 1 is 1.31 bits per heavy atom. The number of ether oxygens (including phenoxy) is 2. The Bertz CT molecular complexity index is 342. The van der Waals surface area contributed by atoms with Crippen LogP contribution in [0.2, 0.25) is 5.02 Å². The first-order valence-electron chi connectivity index (χ1n) is 5.21. The maximum absolute atomic E-state index is 6.07. The fourth-order valence-corrected chi connectivity index (χ4v) is 1.78. The average molecular weight is 244 g/mol. The fourth-order valence-electron chi connectivity index (χ4n) is 1.52. The summed E-state index contributed by atoms with van der Waals surface area (Å²) in [5.74, 6) is 0.729. The van der Waals surface area contributed by atoms with Crippen molar-refractivity contribution >= 4 is 11.6 Å². The molecule has 0 bridgehead atoms. The minimum absolute atomic E-state index is 0.572. The summed E-state index contributed by atoms with van der Waals surface area (Å²) in [4.78, 5) is 0. The summed E-state index contributed by atoms with van der Waals surface area (Å²) in [6.07, 6.45) is 0.929. The molecule has 0 aliphatic heterocycles. The molecule has 0 fully saturated rings. The van der Waals surface area contributed by atoms with Crippen LogP contribution in [0.5, 0.6) is 5.75 Å². The summed E-state index contributed by atoms with van der Waals surface area (Å²) in [6.45, 7) is 3.50. The number of benzene rings is 1. The Balaban J connectivity index is 2.63. The molecular weight excluding hydrogens is 226 g/mol. The second-order valence-corrected chi connectivity index (χ2v) is 4.00. The Kier molecular flexibility index (Phi) is 5.60. The highest BCUT2D eigenvalue weighted by Gasteiger charge is 2.05. The molecule has 0 aliphatic carbocycles. The third-order valence-corrected chi connectivity index (χ3v) is 2.72. The third-order valence-electron chi connectivity index (χ3n) is 2.43. The molecule has 0 heterocycles. The first-order chi connectivity index (χ1) is 7.69. The number of nitrogens with one attached hydrogen (secondary N) is 1. The van der Waals surface area contributed by atoms with Gasteiger partial charge in [-0.2, -0.15) is 0 Å². The first kappa shape index (κ1) is 13.3. The lowest BCUT2D eigenvalue weighted by Crippen LogP contribution is -2.19. The van der Waals surface area contributed by atoms with E-state index in [2.05, 4.69) is 12.2 Å². The second kappa shape index (κ2) is 6.74. The maximum atomic E-state index is 6.07. The van der Waals surface area contributed by atoms with E-state index < -0.39 is 0 Å². The topological polar surface area (TPSA) is 30.5 Å². The van der Waals surface area contributed by atoms with Crippen LogP contribution in [0.25, 0.3) is 0 Å². The molecule has 0 saturated carbocycles. The largest absolute Gasteiger partial charge is 0.495 e. The van der Waals surface area contributed by atoms with E-state index in [0.717, 1.165) is 18.7 Å². The lowest BCUT2D eigenvalue weighted by Gasteiger charge is -2.10. The van der Waals surface area contributed by atoms with E-state index >= 15 is 0 Å². The fraction of sp³-hybridized carbons (Fsp3) is 0.500. The molecule has 90 valence electrons. The van der Waals surface area contributed by atoms with Crippen molar-refractivity contribution in [2.75, 3.05) is 27.5 Å². The molecule has 0 unspecified atom stereocenters. The minimum Gasteiger partial charge on any atom is -0.495 e. The summed E-state index contributed by atoms with van der Waals surface area (Å²) < 4.78 is 10.1. The normalized spacial score (nSPS) is 10.5. The van der Waals surface area contributed by atoms with Gasteiger partial charge in [0.1, 0.15) is 5.75 Å². The number of hydrogen-bond donors (Lipinski definition) is 1. The van der Waals surface area contributed by atoms with Crippen LogP contribution in [0.15, 0.2) is 12.1 Å². The monoisotopic (exact) mass is 243 g/mol. The van der Waals surface area contributed by atoms with Gasteiger partial charge in [-0.05, 0) is 36.6 Å². The van der Waals surface area contributed by atoms with Gasteiger partial charge in [0.2, 0.25) is 0 Å². The SMILES string of the molecule is COCNCCc1cc(Cl)c(OC)cc1C. The summed E-state index contributed by atoms with van der Waals surface area (Å²) in [5.41, 5.74) is 2.43. The molecule has 0 radical (unpaired) electrons. The van der Waals surface area contributed by atoms with Crippen LogP contribution >= 0.6 is 11.6 Å². The second-order valence-electron chi connectivity index (χ2n) is 3.60. The van der Waals surface area contributed by atoms with Gasteiger partial charge < -0.3 is 9.47 Å². The smallest absolute Gasteiger partial charge is 0.137 e. The van der Waals surface area contributed by atoms with Gasteiger partial charge in [-0.1, -0.05) is 11.6 Å². The van der Waals surface area contributed by atoms with Gasteiger partial charge in [-0.25, -0.2) is 0 Å². The van der Waals surface area contributed by atoms with Gasteiger partial charge in [0.15, 0.2) is 0 Å². The summed E-state index contributed by atoms with van der Waals surface area (Å²) in [7, 11) is 3.29. The molecule has 0 spiro atoms. The van der Waals surface area contributed by atoms with Crippen molar-refractivity contribution in [2.45, 2.75) is 13.3 Å². The molecule has 3 nitrogen and oxygen atoms in total. The van der Waals surface area contributed by atoms with Crippen LogP contribution in [0, 0.1) is 6.92 Å².